The highest BCUT2D eigenvalue weighted by Gasteiger charge is 2.27. The van der Waals surface area contributed by atoms with Crippen molar-refractivity contribution in [1.82, 2.24) is 5.32 Å². The molecule has 0 aromatic carbocycles. The van der Waals surface area contributed by atoms with Crippen LogP contribution in [-0.4, -0.2) is 69.4 Å². The molecular formula is C81H147N2O7P. The zero-order valence-corrected chi connectivity index (χ0v) is 61.4. The van der Waals surface area contributed by atoms with Crippen LogP contribution < -0.4 is 10.2 Å². The van der Waals surface area contributed by atoms with Gasteiger partial charge in [0.2, 0.25) is 5.91 Å². The molecule has 3 atom stereocenters. The van der Waals surface area contributed by atoms with Crippen molar-refractivity contribution in [2.75, 3.05) is 40.9 Å². The Morgan fingerprint density at radius 1 is 0.385 bits per heavy atom. The standard InChI is InChI=1S/C81H147N2O7P/c1-7-10-13-16-19-22-25-28-30-32-34-36-38-40-41-43-45-47-49-51-53-56-59-62-65-68-71-74-81(85)90-79(72-69-66-63-60-57-54-27-24-21-18-15-12-9-3)78(77-89-91(86,87)88-76-75-83(4,5)6)82-80(84)73-70-67-64-61-58-55-52-50-48-46-44-42-39-37-35-33-31-29-26-23-20-17-14-11-8-2/h19-20,22-23,28-31,34-37,40-41,69,72,78-79H,7-18,21,24-27,32-33,38-39,42-68,70-71,73-77H2,1-6H3,(H-,82,84,86,87)/b22-19-,23-20-,30-28-,31-29-,36-34-,37-35-,41-40-,72-69+. The maximum absolute atomic E-state index is 13.6. The molecule has 0 aromatic heterocycles. The van der Waals surface area contributed by atoms with Crippen LogP contribution in [0.25, 0.3) is 0 Å². The van der Waals surface area contributed by atoms with Crippen molar-refractivity contribution >= 4 is 19.7 Å². The summed E-state index contributed by atoms with van der Waals surface area (Å²) in [5.41, 5.74) is 0. The first-order valence-corrected chi connectivity index (χ1v) is 40.0. The number of esters is 1. The molecule has 0 saturated heterocycles. The van der Waals surface area contributed by atoms with E-state index >= 15 is 0 Å². The molecule has 0 rings (SSSR count). The Morgan fingerprint density at radius 3 is 1.02 bits per heavy atom. The normalized spacial score (nSPS) is 14.0. The second-order valence-electron chi connectivity index (χ2n) is 27.1. The third-order valence-electron chi connectivity index (χ3n) is 17.0. The number of nitrogens with one attached hydrogen (secondary N) is 1. The number of unbranched alkanes of at least 4 members (excludes halogenated alkanes) is 40. The van der Waals surface area contributed by atoms with E-state index in [1.54, 1.807) is 0 Å². The SMILES string of the molecule is CCCCC/C=C\C/C=C\C/C=C\C/C=C\CCCCCCCCCCCCCC(=O)OC(/C=C/CCCCCCCCCCCCC)C(COP(=O)([O-])OCC[N+](C)(C)C)NC(=O)CCCCCCCCCCCCCC/C=C\C/C=C\C/C=C\CCCCC. The van der Waals surface area contributed by atoms with Crippen LogP contribution in [0.4, 0.5) is 0 Å². The van der Waals surface area contributed by atoms with Gasteiger partial charge in [0.25, 0.3) is 7.82 Å². The van der Waals surface area contributed by atoms with Crippen LogP contribution in [0.2, 0.25) is 0 Å². The first kappa shape index (κ1) is 87.9. The minimum absolute atomic E-state index is 0.0258. The number of allylic oxidation sites excluding steroid dienone is 15. The number of carbonyl (C=O) groups excluding carboxylic acids is 2. The van der Waals surface area contributed by atoms with Crippen LogP contribution in [0, 0.1) is 0 Å². The van der Waals surface area contributed by atoms with Crippen molar-refractivity contribution < 1.29 is 37.3 Å². The van der Waals surface area contributed by atoms with E-state index in [2.05, 4.69) is 111 Å². The number of phosphoric ester groups is 1. The molecule has 0 saturated carbocycles. The molecule has 0 bridgehead atoms. The van der Waals surface area contributed by atoms with Crippen LogP contribution in [-0.2, 0) is 27.9 Å². The lowest BCUT2D eigenvalue weighted by molar-refractivity contribution is -0.870. The van der Waals surface area contributed by atoms with Crippen molar-refractivity contribution in [3.63, 3.8) is 0 Å². The first-order chi connectivity index (χ1) is 44.4. The third-order valence-corrected chi connectivity index (χ3v) is 18.0. The fraction of sp³-hybridized carbons (Fsp3) is 0.778. The van der Waals surface area contributed by atoms with Gasteiger partial charge in [0, 0.05) is 12.8 Å². The largest absolute Gasteiger partial charge is 0.756 e. The monoisotopic (exact) mass is 1290 g/mol. The van der Waals surface area contributed by atoms with Gasteiger partial charge in [0.05, 0.1) is 33.8 Å². The number of rotatable bonds is 70. The number of carbonyl (C=O) groups is 2. The summed E-state index contributed by atoms with van der Waals surface area (Å²) in [6.45, 7) is 6.82. The van der Waals surface area contributed by atoms with E-state index in [1.165, 1.54) is 231 Å². The van der Waals surface area contributed by atoms with Gasteiger partial charge in [0.15, 0.2) is 0 Å². The molecule has 3 unspecified atom stereocenters. The number of nitrogens with zero attached hydrogens (tertiary/aromatic N) is 1. The molecule has 0 aliphatic rings. The van der Waals surface area contributed by atoms with E-state index in [1.807, 2.05) is 33.3 Å². The van der Waals surface area contributed by atoms with E-state index in [9.17, 15) is 19.0 Å². The minimum Gasteiger partial charge on any atom is -0.756 e. The van der Waals surface area contributed by atoms with E-state index in [0.29, 0.717) is 17.4 Å². The number of quaternary nitrogens is 1. The summed E-state index contributed by atoms with van der Waals surface area (Å²) < 4.78 is 30.5. The summed E-state index contributed by atoms with van der Waals surface area (Å²) in [4.78, 5) is 40.3. The van der Waals surface area contributed by atoms with Crippen molar-refractivity contribution in [3.05, 3.63) is 97.2 Å². The van der Waals surface area contributed by atoms with Crippen molar-refractivity contribution in [2.24, 2.45) is 0 Å². The van der Waals surface area contributed by atoms with Crippen LogP contribution in [0.15, 0.2) is 97.2 Å². The van der Waals surface area contributed by atoms with Gasteiger partial charge in [-0.15, -0.1) is 0 Å². The zero-order valence-electron chi connectivity index (χ0n) is 60.5. The van der Waals surface area contributed by atoms with Gasteiger partial charge in [-0.05, 0) is 115 Å². The van der Waals surface area contributed by atoms with Crippen LogP contribution >= 0.6 is 7.82 Å². The maximum atomic E-state index is 13.6. The summed E-state index contributed by atoms with van der Waals surface area (Å²) in [7, 11) is 1.18. The summed E-state index contributed by atoms with van der Waals surface area (Å²) in [5.74, 6) is -0.538. The predicted octanol–water partition coefficient (Wildman–Crippen LogP) is 24.4. The molecule has 0 aromatic rings. The van der Waals surface area contributed by atoms with Crippen molar-refractivity contribution in [3.8, 4) is 0 Å². The van der Waals surface area contributed by atoms with Crippen LogP contribution in [0.3, 0.4) is 0 Å². The average molecular weight is 1290 g/mol. The molecule has 0 spiro atoms. The number of likely N-dealkylation sites (N-methyl/N-ethyl adjacent to an activating group) is 1. The van der Waals surface area contributed by atoms with Crippen molar-refractivity contribution in [1.29, 1.82) is 0 Å². The van der Waals surface area contributed by atoms with Gasteiger partial charge in [-0.3, -0.25) is 14.2 Å². The zero-order chi connectivity index (χ0) is 66.3. The van der Waals surface area contributed by atoms with Gasteiger partial charge in [-0.25, -0.2) is 0 Å². The number of ether oxygens (including phenoxy) is 1. The molecule has 0 fully saturated rings. The Kier molecular flexibility index (Phi) is 67.4. The number of phosphoric acid groups is 1. The van der Waals surface area contributed by atoms with Gasteiger partial charge in [-0.1, -0.05) is 324 Å². The lowest BCUT2D eigenvalue weighted by atomic mass is 10.0. The molecule has 0 radical (unpaired) electrons. The fourth-order valence-corrected chi connectivity index (χ4v) is 11.8. The molecule has 9 nitrogen and oxygen atoms in total. The maximum Gasteiger partial charge on any atom is 0.306 e. The molecule has 0 heterocycles. The predicted molar refractivity (Wildman–Crippen MR) is 394 cm³/mol. The van der Waals surface area contributed by atoms with E-state index in [0.717, 1.165) is 89.9 Å². The first-order valence-electron chi connectivity index (χ1n) is 38.5. The Bertz CT molecular complexity index is 1880. The van der Waals surface area contributed by atoms with E-state index in [-0.39, 0.29) is 24.9 Å². The summed E-state index contributed by atoms with van der Waals surface area (Å²) in [6.07, 6.45) is 95.3. The quantitative estimate of drug-likeness (QED) is 0.0212. The third kappa shape index (κ3) is 71.1. The van der Waals surface area contributed by atoms with Gasteiger partial charge in [-0.2, -0.15) is 0 Å². The van der Waals surface area contributed by atoms with Gasteiger partial charge in [0.1, 0.15) is 19.3 Å². The number of hydrogen-bond donors (Lipinski definition) is 1. The molecule has 0 aliphatic carbocycles. The fourth-order valence-electron chi connectivity index (χ4n) is 11.0. The minimum atomic E-state index is -4.71. The second-order valence-corrected chi connectivity index (χ2v) is 28.6. The molecule has 0 aliphatic heterocycles. The second kappa shape index (κ2) is 69.8. The van der Waals surface area contributed by atoms with Crippen molar-refractivity contribution in [2.45, 2.75) is 367 Å². The molecule has 10 heteroatoms. The lowest BCUT2D eigenvalue weighted by Gasteiger charge is -2.30. The highest BCUT2D eigenvalue weighted by atomic mass is 31.2. The van der Waals surface area contributed by atoms with E-state index in [4.69, 9.17) is 13.8 Å². The van der Waals surface area contributed by atoms with Gasteiger partial charge >= 0.3 is 5.97 Å². The molecular weight excluding hydrogens is 1140 g/mol. The smallest absolute Gasteiger partial charge is 0.306 e. The highest BCUT2D eigenvalue weighted by molar-refractivity contribution is 7.45. The Labute approximate surface area is 564 Å². The Hall–Kier alpha value is -3.07. The number of amides is 1. The highest BCUT2D eigenvalue weighted by Crippen LogP contribution is 2.38. The van der Waals surface area contributed by atoms with Crippen LogP contribution in [0.5, 0.6) is 0 Å². The van der Waals surface area contributed by atoms with E-state index < -0.39 is 26.6 Å². The molecule has 1 N–H and O–H groups in total. The average Bonchev–Trinajstić information content (AvgIpc) is 3.73. The summed E-state index contributed by atoms with van der Waals surface area (Å²) >= 11 is 0. The number of hydrogen-bond acceptors (Lipinski definition) is 7. The Balaban J connectivity index is 5.03. The Morgan fingerprint density at radius 2 is 0.670 bits per heavy atom. The van der Waals surface area contributed by atoms with Crippen LogP contribution in [0.1, 0.15) is 355 Å². The summed E-state index contributed by atoms with van der Waals surface area (Å²) in [6, 6.07) is -0.897. The molecule has 528 valence electrons. The topological polar surface area (TPSA) is 114 Å². The lowest BCUT2D eigenvalue weighted by Crippen LogP contribution is -2.47. The summed E-state index contributed by atoms with van der Waals surface area (Å²) in [5, 5.41) is 3.05. The molecule has 91 heavy (non-hydrogen) atoms. The molecule has 1 amide bonds. The van der Waals surface area contributed by atoms with Gasteiger partial charge < -0.3 is 28.5 Å².